The predicted molar refractivity (Wildman–Crippen MR) is 81.1 cm³/mol. The lowest BCUT2D eigenvalue weighted by Gasteiger charge is -2.11. The van der Waals surface area contributed by atoms with Gasteiger partial charge in [-0.3, -0.25) is 4.79 Å². The summed E-state index contributed by atoms with van der Waals surface area (Å²) >= 11 is 5.87. The number of rotatable bonds is 3. The second kappa shape index (κ2) is 6.10. The standard InChI is InChI=1S/C15H10ClF3O4S/c1-24(22,23)9-3-4-10(12(16)7-9)14(21)11-6-8(15(17,18)19)2-5-13(11)20/h2-7,20H,1H3. The Labute approximate surface area is 140 Å². The number of ketones is 1. The summed E-state index contributed by atoms with van der Waals surface area (Å²) in [6, 6.07) is 5.13. The number of benzene rings is 2. The van der Waals surface area contributed by atoms with E-state index in [1.54, 1.807) is 0 Å². The summed E-state index contributed by atoms with van der Waals surface area (Å²) in [5.74, 6) is -1.60. The lowest BCUT2D eigenvalue weighted by Crippen LogP contribution is -2.09. The Hall–Kier alpha value is -2.06. The average molecular weight is 379 g/mol. The Kier molecular flexibility index (Phi) is 4.65. The molecule has 0 saturated carbocycles. The first-order chi connectivity index (χ1) is 10.9. The van der Waals surface area contributed by atoms with E-state index in [1.165, 1.54) is 0 Å². The monoisotopic (exact) mass is 378 g/mol. The van der Waals surface area contributed by atoms with Crippen LogP contribution in [-0.2, 0) is 16.0 Å². The van der Waals surface area contributed by atoms with Crippen LogP contribution in [0.4, 0.5) is 13.2 Å². The summed E-state index contributed by atoms with van der Waals surface area (Å²) in [6.07, 6.45) is -3.74. The van der Waals surface area contributed by atoms with E-state index in [2.05, 4.69) is 0 Å². The van der Waals surface area contributed by atoms with Crippen LogP contribution in [0.2, 0.25) is 5.02 Å². The van der Waals surface area contributed by atoms with E-state index >= 15 is 0 Å². The molecule has 0 radical (unpaired) electrons. The third kappa shape index (κ3) is 3.70. The van der Waals surface area contributed by atoms with Crippen molar-refractivity contribution in [1.29, 1.82) is 0 Å². The number of sulfone groups is 1. The van der Waals surface area contributed by atoms with Crippen LogP contribution in [0.15, 0.2) is 41.3 Å². The van der Waals surface area contributed by atoms with Crippen LogP contribution in [0.3, 0.4) is 0 Å². The quantitative estimate of drug-likeness (QED) is 0.827. The van der Waals surface area contributed by atoms with Crippen molar-refractivity contribution in [2.45, 2.75) is 11.1 Å². The van der Waals surface area contributed by atoms with E-state index in [0.29, 0.717) is 12.1 Å². The van der Waals surface area contributed by atoms with E-state index in [1.807, 2.05) is 0 Å². The van der Waals surface area contributed by atoms with Crippen molar-refractivity contribution in [3.8, 4) is 5.75 Å². The smallest absolute Gasteiger partial charge is 0.416 e. The van der Waals surface area contributed by atoms with Gasteiger partial charge in [0.2, 0.25) is 0 Å². The van der Waals surface area contributed by atoms with Crippen molar-refractivity contribution in [3.63, 3.8) is 0 Å². The summed E-state index contributed by atoms with van der Waals surface area (Å²) in [4.78, 5) is 12.2. The highest BCUT2D eigenvalue weighted by atomic mass is 35.5. The molecule has 2 rings (SSSR count). The van der Waals surface area contributed by atoms with Gasteiger partial charge < -0.3 is 5.11 Å². The SMILES string of the molecule is CS(=O)(=O)c1ccc(C(=O)c2cc(C(F)(F)F)ccc2O)c(Cl)c1. The Morgan fingerprint density at radius 3 is 2.21 bits per heavy atom. The molecule has 2 aromatic rings. The summed E-state index contributed by atoms with van der Waals surface area (Å²) in [5.41, 5.74) is -1.91. The maximum Gasteiger partial charge on any atom is 0.416 e. The zero-order valence-corrected chi connectivity index (χ0v) is 13.6. The fraction of sp³-hybridized carbons (Fsp3) is 0.133. The predicted octanol–water partition coefficient (Wildman–Crippen LogP) is 3.70. The second-order valence-corrected chi connectivity index (χ2v) is 7.40. The fourth-order valence-electron chi connectivity index (χ4n) is 1.95. The number of hydrogen-bond donors (Lipinski definition) is 1. The van der Waals surface area contributed by atoms with Crippen molar-refractivity contribution >= 4 is 27.2 Å². The second-order valence-electron chi connectivity index (χ2n) is 4.97. The Morgan fingerprint density at radius 2 is 1.71 bits per heavy atom. The molecule has 0 aliphatic rings. The number of halogens is 4. The number of carbonyl (C=O) groups is 1. The zero-order valence-electron chi connectivity index (χ0n) is 12.1. The molecule has 128 valence electrons. The van der Waals surface area contributed by atoms with Crippen molar-refractivity contribution in [2.24, 2.45) is 0 Å². The summed E-state index contributed by atoms with van der Waals surface area (Å²) in [6.45, 7) is 0. The summed E-state index contributed by atoms with van der Waals surface area (Å²) in [7, 11) is -3.56. The van der Waals surface area contributed by atoms with Crippen molar-refractivity contribution in [2.75, 3.05) is 6.26 Å². The molecule has 0 aliphatic carbocycles. The number of phenols is 1. The molecule has 0 fully saturated rings. The Morgan fingerprint density at radius 1 is 1.08 bits per heavy atom. The van der Waals surface area contributed by atoms with E-state index in [-0.39, 0.29) is 15.5 Å². The van der Waals surface area contributed by atoms with Crippen LogP contribution in [0, 0.1) is 0 Å². The van der Waals surface area contributed by atoms with Crippen LogP contribution >= 0.6 is 11.6 Å². The van der Waals surface area contributed by atoms with E-state index in [4.69, 9.17) is 11.6 Å². The average Bonchev–Trinajstić information content (AvgIpc) is 2.44. The molecule has 0 atom stereocenters. The molecule has 0 unspecified atom stereocenters. The maximum absolute atomic E-state index is 12.7. The topological polar surface area (TPSA) is 71.4 Å². The first-order valence-corrected chi connectivity index (χ1v) is 8.62. The number of carbonyl (C=O) groups excluding carboxylic acids is 1. The molecule has 0 heterocycles. The number of phenolic OH excluding ortho intramolecular Hbond substituents is 1. The van der Waals surface area contributed by atoms with Gasteiger partial charge in [0, 0.05) is 11.8 Å². The Bertz CT molecular complexity index is 921. The normalized spacial score (nSPS) is 12.2. The van der Waals surface area contributed by atoms with E-state index in [9.17, 15) is 31.5 Å². The van der Waals surface area contributed by atoms with Gasteiger partial charge in [0.25, 0.3) is 0 Å². The van der Waals surface area contributed by atoms with Crippen molar-refractivity contribution < 1.29 is 31.5 Å². The van der Waals surface area contributed by atoms with Crippen LogP contribution in [0.5, 0.6) is 5.75 Å². The first-order valence-electron chi connectivity index (χ1n) is 6.36. The molecular weight excluding hydrogens is 369 g/mol. The minimum Gasteiger partial charge on any atom is -0.507 e. The lowest BCUT2D eigenvalue weighted by atomic mass is 10.00. The van der Waals surface area contributed by atoms with Crippen molar-refractivity contribution in [1.82, 2.24) is 0 Å². The van der Waals surface area contributed by atoms with Gasteiger partial charge in [0.1, 0.15) is 5.75 Å². The maximum atomic E-state index is 12.7. The van der Waals surface area contributed by atoms with Crippen LogP contribution < -0.4 is 0 Å². The van der Waals surface area contributed by atoms with Gasteiger partial charge in [0.15, 0.2) is 15.6 Å². The first kappa shape index (κ1) is 18.3. The molecule has 0 aromatic heterocycles. The largest absolute Gasteiger partial charge is 0.507 e. The molecule has 0 spiro atoms. The minimum absolute atomic E-state index is 0.141. The van der Waals surface area contributed by atoms with Crippen LogP contribution in [-0.4, -0.2) is 25.6 Å². The van der Waals surface area contributed by atoms with Gasteiger partial charge in [-0.25, -0.2) is 8.42 Å². The molecule has 9 heteroatoms. The summed E-state index contributed by atoms with van der Waals surface area (Å²) < 4.78 is 61.1. The lowest BCUT2D eigenvalue weighted by molar-refractivity contribution is -0.137. The highest BCUT2D eigenvalue weighted by molar-refractivity contribution is 7.90. The number of aromatic hydroxyl groups is 1. The van der Waals surface area contributed by atoms with E-state index in [0.717, 1.165) is 30.5 Å². The molecular formula is C15H10ClF3O4S. The van der Waals surface area contributed by atoms with Gasteiger partial charge in [0.05, 0.1) is 21.0 Å². The highest BCUT2D eigenvalue weighted by Crippen LogP contribution is 2.34. The fourth-order valence-corrected chi connectivity index (χ4v) is 2.93. The molecule has 0 amide bonds. The minimum atomic E-state index is -4.69. The Balaban J connectivity index is 2.54. The number of hydrogen-bond acceptors (Lipinski definition) is 4. The van der Waals surface area contributed by atoms with Gasteiger partial charge in [-0.15, -0.1) is 0 Å². The molecule has 0 bridgehead atoms. The molecule has 1 N–H and O–H groups in total. The van der Waals surface area contributed by atoms with Crippen LogP contribution in [0.1, 0.15) is 21.5 Å². The molecule has 0 saturated heterocycles. The third-order valence-corrected chi connectivity index (χ3v) is 4.60. The molecule has 4 nitrogen and oxygen atoms in total. The molecule has 2 aromatic carbocycles. The third-order valence-electron chi connectivity index (χ3n) is 3.18. The van der Waals surface area contributed by atoms with Crippen LogP contribution in [0.25, 0.3) is 0 Å². The van der Waals surface area contributed by atoms with Gasteiger partial charge in [-0.2, -0.15) is 13.2 Å². The highest BCUT2D eigenvalue weighted by Gasteiger charge is 2.32. The molecule has 0 aliphatic heterocycles. The van der Waals surface area contributed by atoms with Gasteiger partial charge in [-0.1, -0.05) is 11.6 Å². The van der Waals surface area contributed by atoms with Gasteiger partial charge >= 0.3 is 6.18 Å². The van der Waals surface area contributed by atoms with Crippen molar-refractivity contribution in [3.05, 3.63) is 58.1 Å². The zero-order chi connectivity index (χ0) is 18.3. The van der Waals surface area contributed by atoms with Gasteiger partial charge in [-0.05, 0) is 36.4 Å². The molecule has 24 heavy (non-hydrogen) atoms. The van der Waals surface area contributed by atoms with E-state index < -0.39 is 38.7 Å². The summed E-state index contributed by atoms with van der Waals surface area (Å²) in [5, 5.41) is 9.43. The number of alkyl halides is 3.